The number of nitrogens with one attached hydrogen (secondary N) is 3. The lowest BCUT2D eigenvalue weighted by Crippen LogP contribution is -2.49. The summed E-state index contributed by atoms with van der Waals surface area (Å²) < 4.78 is 17.7. The molecule has 224 valence electrons. The van der Waals surface area contributed by atoms with Gasteiger partial charge < -0.3 is 24.4 Å². The summed E-state index contributed by atoms with van der Waals surface area (Å²) >= 11 is 6.63. The van der Waals surface area contributed by atoms with E-state index in [9.17, 15) is 0 Å². The van der Waals surface area contributed by atoms with E-state index in [0.29, 0.717) is 50.7 Å². The number of benzene rings is 2. The number of nitrogens with zero attached hydrogens (tertiary/aromatic N) is 5. The zero-order chi connectivity index (χ0) is 29.9. The van der Waals surface area contributed by atoms with Gasteiger partial charge in [0.2, 0.25) is 5.95 Å². The Balaban J connectivity index is 1.21. The van der Waals surface area contributed by atoms with Crippen LogP contribution in [0.4, 0.5) is 17.3 Å². The van der Waals surface area contributed by atoms with Crippen molar-refractivity contribution in [1.82, 2.24) is 19.4 Å². The van der Waals surface area contributed by atoms with E-state index in [2.05, 4.69) is 37.2 Å². The van der Waals surface area contributed by atoms with Crippen LogP contribution in [0.2, 0.25) is 5.02 Å². The first-order chi connectivity index (χ1) is 21.0. The van der Waals surface area contributed by atoms with Crippen LogP contribution < -0.4 is 25.2 Å². The minimum absolute atomic E-state index is 0.0473. The van der Waals surface area contributed by atoms with Gasteiger partial charge in [-0.2, -0.15) is 4.98 Å². The first-order valence-corrected chi connectivity index (χ1v) is 14.7. The Kier molecular flexibility index (Phi) is 8.46. The zero-order valence-electron chi connectivity index (χ0n) is 24.3. The van der Waals surface area contributed by atoms with Crippen LogP contribution in [-0.2, 0) is 4.74 Å². The van der Waals surface area contributed by atoms with Crippen LogP contribution in [0.3, 0.4) is 0 Å². The molecule has 0 bridgehead atoms. The molecule has 0 spiro atoms. The predicted molar refractivity (Wildman–Crippen MR) is 168 cm³/mol. The molecule has 3 N–H and O–H groups in total. The molecule has 12 heteroatoms. The number of ether oxygens (including phenoxy) is 3. The number of halogens is 1. The molecule has 6 rings (SSSR count). The fraction of sp³-hybridized carbons (Fsp3) is 0.355. The van der Waals surface area contributed by atoms with Gasteiger partial charge in [0.1, 0.15) is 17.0 Å². The van der Waals surface area contributed by atoms with E-state index in [1.165, 1.54) is 17.4 Å². The SMILES string of the molecule is COc1cc(OC)c(Cl)c(-c2cc3cnc(Nc4ccc(N5CCC(N6CCOCC6)CC5)cc4)nc3n(C=N)c2=N)c1. The van der Waals surface area contributed by atoms with Crippen molar-refractivity contribution in [3.05, 3.63) is 59.2 Å². The summed E-state index contributed by atoms with van der Waals surface area (Å²) in [6.07, 6.45) is 5.06. The topological polar surface area (TPSA) is 125 Å². The molecule has 2 saturated heterocycles. The quantitative estimate of drug-likeness (QED) is 0.195. The lowest BCUT2D eigenvalue weighted by atomic mass is 10.0. The highest BCUT2D eigenvalue weighted by Crippen LogP contribution is 2.38. The molecule has 4 heterocycles. The number of piperidine rings is 1. The van der Waals surface area contributed by atoms with Gasteiger partial charge in [-0.25, -0.2) is 4.98 Å². The molecule has 43 heavy (non-hydrogen) atoms. The Hall–Kier alpha value is -4.19. The Morgan fingerprint density at radius 3 is 2.42 bits per heavy atom. The largest absolute Gasteiger partial charge is 0.497 e. The Labute approximate surface area is 255 Å². The van der Waals surface area contributed by atoms with Crippen molar-refractivity contribution in [3.63, 3.8) is 0 Å². The maximum Gasteiger partial charge on any atom is 0.229 e. The fourth-order valence-corrected chi connectivity index (χ4v) is 6.17. The molecule has 2 aliphatic rings. The van der Waals surface area contributed by atoms with Crippen LogP contribution >= 0.6 is 11.6 Å². The van der Waals surface area contributed by atoms with E-state index in [1.807, 2.05) is 12.1 Å². The van der Waals surface area contributed by atoms with E-state index in [-0.39, 0.29) is 5.49 Å². The first-order valence-electron chi connectivity index (χ1n) is 14.3. The number of hydrogen-bond donors (Lipinski definition) is 3. The first kappa shape index (κ1) is 28.9. The van der Waals surface area contributed by atoms with Crippen molar-refractivity contribution >= 4 is 46.3 Å². The number of methoxy groups -OCH3 is 2. The molecule has 2 aromatic heterocycles. The van der Waals surface area contributed by atoms with Crippen molar-refractivity contribution in [2.45, 2.75) is 18.9 Å². The second kappa shape index (κ2) is 12.6. The van der Waals surface area contributed by atoms with Crippen molar-refractivity contribution in [2.75, 3.05) is 63.8 Å². The average Bonchev–Trinajstić information content (AvgIpc) is 3.05. The minimum Gasteiger partial charge on any atom is -0.497 e. The van der Waals surface area contributed by atoms with Gasteiger partial charge in [-0.05, 0) is 49.2 Å². The molecule has 0 unspecified atom stereocenters. The number of fused-ring (bicyclic) bond motifs is 1. The Morgan fingerprint density at radius 2 is 1.74 bits per heavy atom. The van der Waals surface area contributed by atoms with Gasteiger partial charge in [0.05, 0.1) is 38.8 Å². The van der Waals surface area contributed by atoms with Gasteiger partial charge in [-0.3, -0.25) is 20.3 Å². The second-order valence-corrected chi connectivity index (χ2v) is 11.0. The van der Waals surface area contributed by atoms with Crippen molar-refractivity contribution in [2.24, 2.45) is 0 Å². The average molecular weight is 603 g/mol. The summed E-state index contributed by atoms with van der Waals surface area (Å²) in [4.78, 5) is 14.2. The molecular weight excluding hydrogens is 568 g/mol. The van der Waals surface area contributed by atoms with Crippen LogP contribution in [-0.4, -0.2) is 85.4 Å². The molecule has 2 aliphatic heterocycles. The van der Waals surface area contributed by atoms with E-state index >= 15 is 0 Å². The lowest BCUT2D eigenvalue weighted by Gasteiger charge is -2.40. The molecule has 0 saturated carbocycles. The third-order valence-corrected chi connectivity index (χ3v) is 8.61. The van der Waals surface area contributed by atoms with Gasteiger partial charge in [0.25, 0.3) is 0 Å². The summed E-state index contributed by atoms with van der Waals surface area (Å²) in [5.41, 5.74) is 3.56. The van der Waals surface area contributed by atoms with Gasteiger partial charge >= 0.3 is 0 Å². The summed E-state index contributed by atoms with van der Waals surface area (Å²) in [5, 5.41) is 21.2. The normalized spacial score (nSPS) is 16.3. The monoisotopic (exact) mass is 602 g/mol. The molecule has 2 fully saturated rings. The highest BCUT2D eigenvalue weighted by molar-refractivity contribution is 6.35. The molecule has 2 aromatic carbocycles. The van der Waals surface area contributed by atoms with Crippen LogP contribution in [0.5, 0.6) is 11.5 Å². The van der Waals surface area contributed by atoms with Crippen molar-refractivity contribution in [1.29, 1.82) is 10.8 Å². The van der Waals surface area contributed by atoms with Crippen LogP contribution in [0.1, 0.15) is 12.8 Å². The van der Waals surface area contributed by atoms with E-state index < -0.39 is 0 Å². The maximum atomic E-state index is 8.88. The van der Waals surface area contributed by atoms with Crippen molar-refractivity contribution < 1.29 is 14.2 Å². The number of pyridine rings is 1. The predicted octanol–water partition coefficient (Wildman–Crippen LogP) is 4.75. The highest BCUT2D eigenvalue weighted by atomic mass is 35.5. The molecule has 0 aliphatic carbocycles. The number of rotatable bonds is 8. The molecule has 0 radical (unpaired) electrons. The van der Waals surface area contributed by atoms with E-state index in [4.69, 9.17) is 36.6 Å². The van der Waals surface area contributed by atoms with E-state index in [1.54, 1.807) is 31.5 Å². The smallest absolute Gasteiger partial charge is 0.229 e. The molecule has 0 atom stereocenters. The number of aromatic nitrogens is 3. The number of anilines is 3. The van der Waals surface area contributed by atoms with Crippen molar-refractivity contribution in [3.8, 4) is 22.6 Å². The molecule has 11 nitrogen and oxygen atoms in total. The third-order valence-electron chi connectivity index (χ3n) is 8.22. The van der Waals surface area contributed by atoms with Gasteiger partial charge in [0, 0.05) is 72.4 Å². The summed E-state index contributed by atoms with van der Waals surface area (Å²) in [6.45, 7) is 5.84. The highest BCUT2D eigenvalue weighted by Gasteiger charge is 2.26. The summed E-state index contributed by atoms with van der Waals surface area (Å²) in [5.74, 6) is 1.34. The molecule has 0 amide bonds. The number of hydrogen-bond acceptors (Lipinski definition) is 10. The minimum atomic E-state index is 0.0473. The molecule has 4 aromatic rings. The van der Waals surface area contributed by atoms with Gasteiger partial charge in [-0.1, -0.05) is 11.6 Å². The second-order valence-electron chi connectivity index (χ2n) is 10.6. The Bertz CT molecular complexity index is 1680. The summed E-state index contributed by atoms with van der Waals surface area (Å²) in [6, 6.07) is 14.2. The summed E-state index contributed by atoms with van der Waals surface area (Å²) in [7, 11) is 3.08. The fourth-order valence-electron chi connectivity index (χ4n) is 5.88. The Morgan fingerprint density at radius 1 is 1.00 bits per heavy atom. The van der Waals surface area contributed by atoms with E-state index in [0.717, 1.165) is 64.3 Å². The lowest BCUT2D eigenvalue weighted by molar-refractivity contribution is 0.0115. The van der Waals surface area contributed by atoms with Gasteiger partial charge in [-0.15, -0.1) is 0 Å². The van der Waals surface area contributed by atoms with Gasteiger partial charge in [0.15, 0.2) is 5.65 Å². The van der Waals surface area contributed by atoms with Crippen LogP contribution in [0.15, 0.2) is 48.7 Å². The number of morpholine rings is 1. The zero-order valence-corrected chi connectivity index (χ0v) is 25.0. The molecular formula is C31H35ClN8O3. The van der Waals surface area contributed by atoms with Crippen LogP contribution in [0, 0.1) is 10.8 Å². The third kappa shape index (κ3) is 5.88. The van der Waals surface area contributed by atoms with Crippen LogP contribution in [0.25, 0.3) is 22.2 Å². The maximum absolute atomic E-state index is 8.88. The standard InChI is InChI=1S/C31H35ClN8O3/c1-41-24-16-25(28(32)27(17-24)42-2)26-15-20-18-35-31(37-30(20)40(19-33)29(26)34)36-21-3-5-22(6-4-21)38-9-7-23(8-10-38)39-11-13-43-14-12-39/h3-6,15-19,23,33-34H,7-14H2,1-2H3,(H,35,36,37).